The zero-order valence-electron chi connectivity index (χ0n) is 12.2. The summed E-state index contributed by atoms with van der Waals surface area (Å²) >= 11 is 0. The van der Waals surface area contributed by atoms with Gasteiger partial charge in [0.05, 0.1) is 12.3 Å². The van der Waals surface area contributed by atoms with Crippen LogP contribution >= 0.6 is 0 Å². The molecule has 20 heavy (non-hydrogen) atoms. The van der Waals surface area contributed by atoms with Gasteiger partial charge in [-0.3, -0.25) is 4.79 Å². The Morgan fingerprint density at radius 2 is 1.95 bits per heavy atom. The first kappa shape index (κ1) is 16.7. The molecule has 2 N–H and O–H groups in total. The minimum absolute atomic E-state index is 0.0326. The summed E-state index contributed by atoms with van der Waals surface area (Å²) in [6.45, 7) is 5.46. The molecule has 6 heteroatoms. The summed E-state index contributed by atoms with van der Waals surface area (Å²) in [6, 6.07) is 5.80. The highest BCUT2D eigenvalue weighted by Gasteiger charge is 2.13. The molecule has 0 aliphatic carbocycles. The number of hydrogen-bond acceptors (Lipinski definition) is 3. The highest BCUT2D eigenvalue weighted by molar-refractivity contribution is 7.89. The van der Waals surface area contributed by atoms with Gasteiger partial charge in [0.25, 0.3) is 0 Å². The van der Waals surface area contributed by atoms with Gasteiger partial charge in [0.15, 0.2) is 0 Å². The highest BCUT2D eigenvalue weighted by atomic mass is 32.2. The minimum atomic E-state index is -3.36. The van der Waals surface area contributed by atoms with Crippen molar-refractivity contribution in [2.45, 2.75) is 33.6 Å². The summed E-state index contributed by atoms with van der Waals surface area (Å²) in [7, 11) is -3.36. The summed E-state index contributed by atoms with van der Waals surface area (Å²) in [6.07, 6.45) is 1.33. The summed E-state index contributed by atoms with van der Waals surface area (Å²) in [5.41, 5.74) is 2.78. The van der Waals surface area contributed by atoms with Crippen molar-refractivity contribution in [3.63, 3.8) is 0 Å². The molecule has 0 saturated carbocycles. The van der Waals surface area contributed by atoms with E-state index in [2.05, 4.69) is 10.0 Å². The van der Waals surface area contributed by atoms with Gasteiger partial charge in [-0.15, -0.1) is 0 Å². The van der Waals surface area contributed by atoms with Crippen molar-refractivity contribution in [3.8, 4) is 0 Å². The fourth-order valence-electron chi connectivity index (χ4n) is 1.90. The van der Waals surface area contributed by atoms with Crippen LogP contribution < -0.4 is 10.0 Å². The molecule has 1 rings (SSSR count). The van der Waals surface area contributed by atoms with Crippen LogP contribution in [0.25, 0.3) is 0 Å². The van der Waals surface area contributed by atoms with E-state index in [-0.39, 0.29) is 18.2 Å². The summed E-state index contributed by atoms with van der Waals surface area (Å²) in [5, 5.41) is 2.78. The van der Waals surface area contributed by atoms with E-state index in [1.54, 1.807) is 6.92 Å². The maximum Gasteiger partial charge on any atom is 0.239 e. The number of anilines is 1. The predicted molar refractivity (Wildman–Crippen MR) is 81.3 cm³/mol. The Morgan fingerprint density at radius 1 is 1.25 bits per heavy atom. The minimum Gasteiger partial charge on any atom is -0.324 e. The molecule has 112 valence electrons. The molecule has 0 aliphatic rings. The van der Waals surface area contributed by atoms with Crippen molar-refractivity contribution in [1.29, 1.82) is 0 Å². The Bertz CT molecular complexity index is 568. The summed E-state index contributed by atoms with van der Waals surface area (Å²) in [5.74, 6) is -0.320. The fraction of sp³-hybridized carbons (Fsp3) is 0.500. The maximum absolute atomic E-state index is 11.8. The van der Waals surface area contributed by atoms with Gasteiger partial charge >= 0.3 is 0 Å². The SMILES string of the molecule is CCCS(=O)(=O)NCC(=O)Nc1c(C)cccc1CC. The molecule has 0 heterocycles. The van der Waals surface area contributed by atoms with Crippen LogP contribution in [0.3, 0.4) is 0 Å². The number of aryl methyl sites for hydroxylation is 2. The van der Waals surface area contributed by atoms with Crippen LogP contribution in [0.15, 0.2) is 18.2 Å². The van der Waals surface area contributed by atoms with Gasteiger partial charge in [-0.25, -0.2) is 13.1 Å². The molecule has 0 radical (unpaired) electrons. The number of hydrogen-bond donors (Lipinski definition) is 2. The molecule has 5 nitrogen and oxygen atoms in total. The van der Waals surface area contributed by atoms with Crippen molar-refractivity contribution in [2.75, 3.05) is 17.6 Å². The number of benzene rings is 1. The Morgan fingerprint density at radius 3 is 2.55 bits per heavy atom. The summed E-state index contributed by atoms with van der Waals surface area (Å²) < 4.78 is 25.3. The van der Waals surface area contributed by atoms with Crippen LogP contribution in [-0.2, 0) is 21.2 Å². The van der Waals surface area contributed by atoms with E-state index in [1.165, 1.54) is 0 Å². The van der Waals surface area contributed by atoms with E-state index < -0.39 is 10.0 Å². The third kappa shape index (κ3) is 4.94. The Labute approximate surface area is 120 Å². The van der Waals surface area contributed by atoms with E-state index in [4.69, 9.17) is 0 Å². The first-order valence-corrected chi connectivity index (χ1v) is 8.40. The number of sulfonamides is 1. The second kappa shape index (κ2) is 7.40. The second-order valence-electron chi connectivity index (χ2n) is 4.65. The van der Waals surface area contributed by atoms with Crippen LogP contribution in [0.1, 0.15) is 31.4 Å². The lowest BCUT2D eigenvalue weighted by molar-refractivity contribution is -0.115. The van der Waals surface area contributed by atoms with Crippen molar-refractivity contribution in [3.05, 3.63) is 29.3 Å². The lowest BCUT2D eigenvalue weighted by Gasteiger charge is -2.13. The van der Waals surface area contributed by atoms with Gasteiger partial charge in [0.2, 0.25) is 15.9 Å². The van der Waals surface area contributed by atoms with Gasteiger partial charge in [0, 0.05) is 5.69 Å². The van der Waals surface area contributed by atoms with Gasteiger partial charge in [0.1, 0.15) is 0 Å². The monoisotopic (exact) mass is 298 g/mol. The Kier molecular flexibility index (Phi) is 6.16. The highest BCUT2D eigenvalue weighted by Crippen LogP contribution is 2.20. The second-order valence-corrected chi connectivity index (χ2v) is 6.58. The van der Waals surface area contributed by atoms with Gasteiger partial charge in [-0.1, -0.05) is 32.0 Å². The number of carbonyl (C=O) groups excluding carboxylic acids is 1. The average molecular weight is 298 g/mol. The third-order valence-electron chi connectivity index (χ3n) is 2.93. The molecule has 0 spiro atoms. The number of para-hydroxylation sites is 1. The molecular formula is C14H22N2O3S. The van der Waals surface area contributed by atoms with Crippen LogP contribution in [0.4, 0.5) is 5.69 Å². The molecule has 1 aromatic rings. The van der Waals surface area contributed by atoms with E-state index in [9.17, 15) is 13.2 Å². The molecule has 0 fully saturated rings. The van der Waals surface area contributed by atoms with Crippen molar-refractivity contribution >= 4 is 21.6 Å². The zero-order chi connectivity index (χ0) is 15.2. The molecule has 0 saturated heterocycles. The number of amides is 1. The molecule has 0 unspecified atom stereocenters. The normalized spacial score (nSPS) is 11.3. The standard InChI is InChI=1S/C14H22N2O3S/c1-4-9-20(18,19)15-10-13(17)16-14-11(3)7-6-8-12(14)5-2/h6-8,15H,4-5,9-10H2,1-3H3,(H,16,17). The van der Waals surface area contributed by atoms with E-state index >= 15 is 0 Å². The van der Waals surface area contributed by atoms with Gasteiger partial charge in [-0.2, -0.15) is 0 Å². The Balaban J connectivity index is 2.68. The van der Waals surface area contributed by atoms with Crippen LogP contribution in [-0.4, -0.2) is 26.6 Å². The van der Waals surface area contributed by atoms with Crippen molar-refractivity contribution in [1.82, 2.24) is 4.72 Å². The van der Waals surface area contributed by atoms with E-state index in [1.807, 2.05) is 32.0 Å². The molecule has 0 bridgehead atoms. The fourth-order valence-corrected chi connectivity index (χ4v) is 2.93. The van der Waals surface area contributed by atoms with Crippen LogP contribution in [0, 0.1) is 6.92 Å². The number of rotatable bonds is 7. The molecule has 0 aliphatic heterocycles. The van der Waals surface area contributed by atoms with Gasteiger partial charge in [-0.05, 0) is 30.9 Å². The van der Waals surface area contributed by atoms with Crippen molar-refractivity contribution in [2.24, 2.45) is 0 Å². The average Bonchev–Trinajstić information content (AvgIpc) is 2.39. The first-order valence-electron chi connectivity index (χ1n) is 6.75. The van der Waals surface area contributed by atoms with Crippen molar-refractivity contribution < 1.29 is 13.2 Å². The maximum atomic E-state index is 11.8. The van der Waals surface area contributed by atoms with Crippen LogP contribution in [0.2, 0.25) is 0 Å². The largest absolute Gasteiger partial charge is 0.324 e. The Hall–Kier alpha value is -1.40. The predicted octanol–water partition coefficient (Wildman–Crippen LogP) is 1.83. The number of carbonyl (C=O) groups is 1. The smallest absolute Gasteiger partial charge is 0.239 e. The quantitative estimate of drug-likeness (QED) is 0.806. The van der Waals surface area contributed by atoms with Crippen LogP contribution in [0.5, 0.6) is 0 Å². The van der Waals surface area contributed by atoms with E-state index in [0.29, 0.717) is 6.42 Å². The number of nitrogens with one attached hydrogen (secondary N) is 2. The van der Waals surface area contributed by atoms with Gasteiger partial charge < -0.3 is 5.32 Å². The molecule has 1 aromatic carbocycles. The zero-order valence-corrected chi connectivity index (χ0v) is 13.0. The third-order valence-corrected chi connectivity index (χ3v) is 4.46. The molecular weight excluding hydrogens is 276 g/mol. The lowest BCUT2D eigenvalue weighted by Crippen LogP contribution is -2.34. The molecule has 1 amide bonds. The summed E-state index contributed by atoms with van der Waals surface area (Å²) in [4.78, 5) is 11.8. The lowest BCUT2D eigenvalue weighted by atomic mass is 10.1. The topological polar surface area (TPSA) is 75.3 Å². The van der Waals surface area contributed by atoms with E-state index in [0.717, 1.165) is 23.2 Å². The molecule has 0 aromatic heterocycles. The molecule has 0 atom stereocenters. The first-order chi connectivity index (χ1) is 9.39.